The van der Waals surface area contributed by atoms with E-state index in [1.807, 2.05) is 6.07 Å². The van der Waals surface area contributed by atoms with E-state index in [9.17, 15) is 9.59 Å². The van der Waals surface area contributed by atoms with E-state index in [1.165, 1.54) is 0 Å². The maximum Gasteiger partial charge on any atom is 0.308 e. The molecule has 1 fully saturated rings. The molecule has 0 bridgehead atoms. The minimum atomic E-state index is -0.840. The van der Waals surface area contributed by atoms with Crippen molar-refractivity contribution in [1.82, 2.24) is 15.1 Å². The maximum absolute atomic E-state index is 12.6. The van der Waals surface area contributed by atoms with Gasteiger partial charge in [-0.15, -0.1) is 0 Å². The number of likely N-dealkylation sites (tertiary alicyclic amines) is 1. The highest BCUT2D eigenvalue weighted by Gasteiger charge is 2.38. The Hall–Kier alpha value is -2.37. The Morgan fingerprint density at radius 2 is 2.25 bits per heavy atom. The van der Waals surface area contributed by atoms with Crippen LogP contribution in [-0.4, -0.2) is 44.7 Å². The summed E-state index contributed by atoms with van der Waals surface area (Å²) in [6.45, 7) is 2.26. The molecule has 2 atom stereocenters. The molecule has 1 amide bonds. The van der Waals surface area contributed by atoms with Gasteiger partial charge in [-0.1, -0.05) is 12.1 Å². The zero-order chi connectivity index (χ0) is 14.3. The molecule has 0 spiro atoms. The molecule has 0 aliphatic carbocycles. The highest BCUT2D eigenvalue weighted by molar-refractivity contribution is 6.05. The first kappa shape index (κ1) is 12.7. The van der Waals surface area contributed by atoms with Crippen molar-refractivity contribution in [3.05, 3.63) is 30.0 Å². The van der Waals surface area contributed by atoms with Crippen LogP contribution in [0.3, 0.4) is 0 Å². The summed E-state index contributed by atoms with van der Waals surface area (Å²) in [6.07, 6.45) is 2.17. The summed E-state index contributed by atoms with van der Waals surface area (Å²) in [5.41, 5.74) is 1.24. The normalized spacial score (nSPS) is 22.4. The van der Waals surface area contributed by atoms with E-state index < -0.39 is 11.9 Å². The molecule has 0 saturated carbocycles. The van der Waals surface area contributed by atoms with Gasteiger partial charge in [0.2, 0.25) is 0 Å². The van der Waals surface area contributed by atoms with Gasteiger partial charge < -0.3 is 10.0 Å². The van der Waals surface area contributed by atoms with Crippen LogP contribution in [0, 0.1) is 5.92 Å². The van der Waals surface area contributed by atoms with Crippen molar-refractivity contribution in [2.75, 3.05) is 6.54 Å². The third-order valence-electron chi connectivity index (χ3n) is 4.04. The number of hydrogen-bond acceptors (Lipinski definition) is 3. The van der Waals surface area contributed by atoms with E-state index in [0.717, 1.165) is 5.39 Å². The SMILES string of the molecule is CC1C(C(=O)O)CCN1C(=O)c1cccc2cn[nH]c12. The summed E-state index contributed by atoms with van der Waals surface area (Å²) in [6, 6.07) is 5.13. The van der Waals surface area contributed by atoms with Crippen LogP contribution < -0.4 is 0 Å². The molecule has 1 aliphatic heterocycles. The number of para-hydroxylation sites is 1. The number of carboxylic acids is 1. The first-order valence-corrected chi connectivity index (χ1v) is 6.55. The zero-order valence-electron chi connectivity index (χ0n) is 11.0. The molecule has 2 unspecified atom stereocenters. The smallest absolute Gasteiger partial charge is 0.308 e. The van der Waals surface area contributed by atoms with Gasteiger partial charge in [0, 0.05) is 18.0 Å². The average molecular weight is 273 g/mol. The lowest BCUT2D eigenvalue weighted by Gasteiger charge is -2.23. The lowest BCUT2D eigenvalue weighted by molar-refractivity contribution is -0.142. The number of hydrogen-bond donors (Lipinski definition) is 2. The van der Waals surface area contributed by atoms with Crippen LogP contribution in [0.5, 0.6) is 0 Å². The van der Waals surface area contributed by atoms with E-state index in [0.29, 0.717) is 24.0 Å². The first-order valence-electron chi connectivity index (χ1n) is 6.55. The van der Waals surface area contributed by atoms with Gasteiger partial charge in [-0.2, -0.15) is 5.10 Å². The van der Waals surface area contributed by atoms with Crippen LogP contribution >= 0.6 is 0 Å². The summed E-state index contributed by atoms with van der Waals surface area (Å²) >= 11 is 0. The fourth-order valence-electron chi connectivity index (χ4n) is 2.86. The largest absolute Gasteiger partial charge is 0.481 e. The Balaban J connectivity index is 1.94. The number of H-pyrrole nitrogens is 1. The number of amides is 1. The van der Waals surface area contributed by atoms with Crippen LogP contribution in [0.15, 0.2) is 24.4 Å². The quantitative estimate of drug-likeness (QED) is 0.868. The molecule has 1 aliphatic rings. The number of nitrogens with zero attached hydrogens (tertiary/aromatic N) is 2. The molecule has 104 valence electrons. The number of rotatable bonds is 2. The highest BCUT2D eigenvalue weighted by atomic mass is 16.4. The molecule has 1 saturated heterocycles. The van der Waals surface area contributed by atoms with Gasteiger partial charge in [0.15, 0.2) is 0 Å². The van der Waals surface area contributed by atoms with Crippen molar-refractivity contribution in [1.29, 1.82) is 0 Å². The fraction of sp³-hybridized carbons (Fsp3) is 0.357. The van der Waals surface area contributed by atoms with Gasteiger partial charge in [0.05, 0.1) is 23.2 Å². The predicted molar refractivity (Wildman–Crippen MR) is 72.3 cm³/mol. The number of carboxylic acid groups (broad SMARTS) is 1. The highest BCUT2D eigenvalue weighted by Crippen LogP contribution is 2.27. The number of nitrogens with one attached hydrogen (secondary N) is 1. The molecular weight excluding hydrogens is 258 g/mol. The number of aromatic nitrogens is 2. The van der Waals surface area contributed by atoms with Crippen molar-refractivity contribution >= 4 is 22.8 Å². The summed E-state index contributed by atoms with van der Waals surface area (Å²) in [4.78, 5) is 25.4. The second-order valence-electron chi connectivity index (χ2n) is 5.11. The standard InChI is InChI=1S/C14H15N3O3/c1-8-10(14(19)20)5-6-17(8)13(18)11-4-2-3-9-7-15-16-12(9)11/h2-4,7-8,10H,5-6H2,1H3,(H,15,16)(H,19,20). The Labute approximate surface area is 115 Å². The number of fused-ring (bicyclic) bond motifs is 1. The Bertz CT molecular complexity index is 679. The topological polar surface area (TPSA) is 86.3 Å². The molecule has 1 aromatic heterocycles. The molecule has 1 aromatic carbocycles. The summed E-state index contributed by atoms with van der Waals surface area (Å²) in [5, 5.41) is 16.8. The van der Waals surface area contributed by atoms with E-state index in [1.54, 1.807) is 30.2 Å². The predicted octanol–water partition coefficient (Wildman–Crippen LogP) is 1.50. The monoisotopic (exact) mass is 273 g/mol. The van der Waals surface area contributed by atoms with Gasteiger partial charge in [-0.3, -0.25) is 14.7 Å². The van der Waals surface area contributed by atoms with Crippen molar-refractivity contribution in [2.24, 2.45) is 5.92 Å². The lowest BCUT2D eigenvalue weighted by atomic mass is 10.0. The number of benzene rings is 1. The van der Waals surface area contributed by atoms with Crippen LogP contribution in [0.25, 0.3) is 10.9 Å². The van der Waals surface area contributed by atoms with Gasteiger partial charge in [-0.25, -0.2) is 0 Å². The van der Waals surface area contributed by atoms with Gasteiger partial charge >= 0.3 is 5.97 Å². The summed E-state index contributed by atoms with van der Waals surface area (Å²) in [5.74, 6) is -1.47. The third-order valence-corrected chi connectivity index (χ3v) is 4.04. The van der Waals surface area contributed by atoms with Gasteiger partial charge in [0.1, 0.15) is 0 Å². The lowest BCUT2D eigenvalue weighted by Crippen LogP contribution is -2.37. The minimum Gasteiger partial charge on any atom is -0.481 e. The molecule has 2 heterocycles. The average Bonchev–Trinajstić information content (AvgIpc) is 3.03. The first-order chi connectivity index (χ1) is 9.59. The fourth-order valence-corrected chi connectivity index (χ4v) is 2.86. The second kappa shape index (κ2) is 4.63. The molecular formula is C14H15N3O3. The Morgan fingerprint density at radius 3 is 2.95 bits per heavy atom. The summed E-state index contributed by atoms with van der Waals surface area (Å²) < 4.78 is 0. The molecule has 0 radical (unpaired) electrons. The number of aliphatic carboxylic acids is 1. The van der Waals surface area contributed by atoms with Gasteiger partial charge in [-0.05, 0) is 19.4 Å². The summed E-state index contributed by atoms with van der Waals surface area (Å²) in [7, 11) is 0. The van der Waals surface area contributed by atoms with Crippen LogP contribution in [-0.2, 0) is 4.79 Å². The van der Waals surface area contributed by atoms with Crippen molar-refractivity contribution < 1.29 is 14.7 Å². The molecule has 6 nitrogen and oxygen atoms in total. The molecule has 3 rings (SSSR count). The second-order valence-corrected chi connectivity index (χ2v) is 5.11. The third kappa shape index (κ3) is 1.84. The van der Waals surface area contributed by atoms with E-state index in [2.05, 4.69) is 10.2 Å². The molecule has 20 heavy (non-hydrogen) atoms. The van der Waals surface area contributed by atoms with Crippen LogP contribution in [0.1, 0.15) is 23.7 Å². The Morgan fingerprint density at radius 1 is 1.45 bits per heavy atom. The maximum atomic E-state index is 12.6. The van der Waals surface area contributed by atoms with Crippen molar-refractivity contribution in [3.63, 3.8) is 0 Å². The van der Waals surface area contributed by atoms with Gasteiger partial charge in [0.25, 0.3) is 5.91 Å². The molecule has 2 N–H and O–H groups in total. The van der Waals surface area contributed by atoms with Crippen LogP contribution in [0.4, 0.5) is 0 Å². The van der Waals surface area contributed by atoms with Crippen molar-refractivity contribution in [2.45, 2.75) is 19.4 Å². The number of aromatic amines is 1. The number of carbonyl (C=O) groups excluding carboxylic acids is 1. The minimum absolute atomic E-state index is 0.142. The van der Waals surface area contributed by atoms with Crippen molar-refractivity contribution in [3.8, 4) is 0 Å². The zero-order valence-corrected chi connectivity index (χ0v) is 11.0. The molecule has 2 aromatic rings. The van der Waals surface area contributed by atoms with Crippen LogP contribution in [0.2, 0.25) is 0 Å². The Kier molecular flexibility index (Phi) is 2.93. The molecule has 6 heteroatoms. The van der Waals surface area contributed by atoms with E-state index in [-0.39, 0.29) is 11.9 Å². The number of carbonyl (C=O) groups is 2. The van der Waals surface area contributed by atoms with E-state index >= 15 is 0 Å². The van der Waals surface area contributed by atoms with E-state index in [4.69, 9.17) is 5.11 Å².